The van der Waals surface area contributed by atoms with Crippen LogP contribution < -0.4 is 24.8 Å². The Kier molecular flexibility index (Phi) is 8.29. The van der Waals surface area contributed by atoms with E-state index in [-0.39, 0.29) is 18.4 Å². The van der Waals surface area contributed by atoms with Crippen LogP contribution >= 0.6 is 0 Å². The Morgan fingerprint density at radius 2 is 1.12 bits per heavy atom. The number of carbonyl (C=O) groups excluding carboxylic acids is 2. The van der Waals surface area contributed by atoms with Crippen molar-refractivity contribution in [2.45, 2.75) is 0 Å². The molecule has 2 aromatic rings. The second-order valence-corrected chi connectivity index (χ2v) is 7.48. The first-order valence-corrected chi connectivity index (χ1v) is 10.4. The Hall–Kier alpha value is -3.30. The van der Waals surface area contributed by atoms with Crippen molar-refractivity contribution in [1.82, 2.24) is 9.80 Å². The smallest absolute Gasteiger partial charge is 0.238 e. The van der Waals surface area contributed by atoms with Gasteiger partial charge in [0.1, 0.15) is 17.2 Å². The minimum Gasteiger partial charge on any atom is -0.497 e. The Labute approximate surface area is 188 Å². The fraction of sp³-hybridized carbons (Fsp3) is 0.391. The Morgan fingerprint density at radius 3 is 1.56 bits per heavy atom. The van der Waals surface area contributed by atoms with E-state index in [0.29, 0.717) is 36.8 Å². The van der Waals surface area contributed by atoms with E-state index in [1.165, 1.54) is 0 Å². The van der Waals surface area contributed by atoms with Gasteiger partial charge in [-0.05, 0) is 24.3 Å². The molecule has 0 spiro atoms. The third-order valence-corrected chi connectivity index (χ3v) is 5.21. The van der Waals surface area contributed by atoms with Crippen LogP contribution in [0.25, 0.3) is 0 Å². The van der Waals surface area contributed by atoms with E-state index < -0.39 is 0 Å². The molecule has 0 radical (unpaired) electrons. The highest BCUT2D eigenvalue weighted by Gasteiger charge is 2.21. The standard InChI is InChI=1S/C23H30N4O5/c1-30-19-6-4-17(5-7-19)24-22(28)15-26-8-10-27(11-9-26)16-23(29)25-18-12-20(31-2)14-21(13-18)32-3/h4-7,12-14H,8-11,15-16H2,1-3H3,(H,24,28)(H,25,29). The van der Waals surface area contributed by atoms with Crippen LogP contribution in [0.5, 0.6) is 17.2 Å². The number of piperazine rings is 1. The maximum absolute atomic E-state index is 12.5. The molecule has 3 rings (SSSR count). The lowest BCUT2D eigenvalue weighted by molar-refractivity contribution is -0.120. The van der Waals surface area contributed by atoms with E-state index in [4.69, 9.17) is 14.2 Å². The summed E-state index contributed by atoms with van der Waals surface area (Å²) in [6.45, 7) is 3.46. The van der Waals surface area contributed by atoms with Crippen molar-refractivity contribution in [2.75, 3.05) is 71.2 Å². The van der Waals surface area contributed by atoms with Crippen LogP contribution in [0.4, 0.5) is 11.4 Å². The molecule has 1 aliphatic rings. The fourth-order valence-electron chi connectivity index (χ4n) is 3.47. The van der Waals surface area contributed by atoms with E-state index in [1.54, 1.807) is 51.7 Å². The van der Waals surface area contributed by atoms with Crippen LogP contribution in [0.15, 0.2) is 42.5 Å². The molecule has 0 aliphatic carbocycles. The number of rotatable bonds is 9. The molecule has 1 fully saturated rings. The van der Waals surface area contributed by atoms with Gasteiger partial charge in [0, 0.05) is 55.8 Å². The third kappa shape index (κ3) is 6.86. The minimum absolute atomic E-state index is 0.0617. The van der Waals surface area contributed by atoms with E-state index in [1.807, 2.05) is 12.1 Å². The summed E-state index contributed by atoms with van der Waals surface area (Å²) in [6, 6.07) is 12.5. The first-order chi connectivity index (χ1) is 15.5. The quantitative estimate of drug-likeness (QED) is 0.613. The maximum Gasteiger partial charge on any atom is 0.238 e. The van der Waals surface area contributed by atoms with E-state index >= 15 is 0 Å². The van der Waals surface area contributed by atoms with Gasteiger partial charge in [-0.15, -0.1) is 0 Å². The minimum atomic E-state index is -0.106. The second kappa shape index (κ2) is 11.4. The summed E-state index contributed by atoms with van der Waals surface area (Å²) in [4.78, 5) is 28.9. The third-order valence-electron chi connectivity index (χ3n) is 5.21. The van der Waals surface area contributed by atoms with Crippen molar-refractivity contribution in [3.05, 3.63) is 42.5 Å². The van der Waals surface area contributed by atoms with Gasteiger partial charge in [0.15, 0.2) is 0 Å². The van der Waals surface area contributed by atoms with Crippen molar-refractivity contribution < 1.29 is 23.8 Å². The van der Waals surface area contributed by atoms with Crippen LogP contribution in [-0.4, -0.2) is 82.2 Å². The number of carbonyl (C=O) groups is 2. The summed E-state index contributed by atoms with van der Waals surface area (Å²) >= 11 is 0. The maximum atomic E-state index is 12.5. The monoisotopic (exact) mass is 442 g/mol. The molecule has 172 valence electrons. The van der Waals surface area contributed by atoms with Gasteiger partial charge in [0.2, 0.25) is 11.8 Å². The van der Waals surface area contributed by atoms with Crippen molar-refractivity contribution in [3.8, 4) is 17.2 Å². The predicted octanol–water partition coefficient (Wildman–Crippen LogP) is 1.91. The molecule has 1 saturated heterocycles. The average molecular weight is 443 g/mol. The Balaban J connectivity index is 1.41. The van der Waals surface area contributed by atoms with Gasteiger partial charge in [0.25, 0.3) is 0 Å². The Bertz CT molecular complexity index is 889. The normalized spacial score (nSPS) is 14.5. The number of nitrogens with zero attached hydrogens (tertiary/aromatic N) is 2. The molecule has 32 heavy (non-hydrogen) atoms. The van der Waals surface area contributed by atoms with E-state index in [9.17, 15) is 9.59 Å². The van der Waals surface area contributed by atoms with Crippen molar-refractivity contribution >= 4 is 23.2 Å². The van der Waals surface area contributed by atoms with Gasteiger partial charge in [-0.3, -0.25) is 19.4 Å². The number of ether oxygens (including phenoxy) is 3. The highest BCUT2D eigenvalue weighted by molar-refractivity contribution is 5.93. The summed E-state index contributed by atoms with van der Waals surface area (Å²) in [5, 5.41) is 5.79. The molecule has 2 amide bonds. The molecule has 2 N–H and O–H groups in total. The molecule has 0 aromatic heterocycles. The van der Waals surface area contributed by atoms with Gasteiger partial charge in [-0.25, -0.2) is 0 Å². The number of methoxy groups -OCH3 is 3. The zero-order valence-electron chi connectivity index (χ0n) is 18.7. The van der Waals surface area contributed by atoms with E-state index in [2.05, 4.69) is 20.4 Å². The highest BCUT2D eigenvalue weighted by atomic mass is 16.5. The molecular formula is C23H30N4O5. The summed E-state index contributed by atoms with van der Waals surface area (Å²) in [5.41, 5.74) is 1.36. The van der Waals surface area contributed by atoms with Crippen LogP contribution in [0.2, 0.25) is 0 Å². The number of amides is 2. The SMILES string of the molecule is COc1ccc(NC(=O)CN2CCN(CC(=O)Nc3cc(OC)cc(OC)c3)CC2)cc1. The molecule has 0 saturated carbocycles. The largest absolute Gasteiger partial charge is 0.497 e. The zero-order valence-corrected chi connectivity index (χ0v) is 18.7. The molecule has 2 aromatic carbocycles. The molecule has 0 bridgehead atoms. The number of hydrogen-bond acceptors (Lipinski definition) is 7. The summed E-state index contributed by atoms with van der Waals surface area (Å²) < 4.78 is 15.6. The molecular weight excluding hydrogens is 412 g/mol. The zero-order chi connectivity index (χ0) is 22.9. The molecule has 1 aliphatic heterocycles. The van der Waals surface area contributed by atoms with Crippen LogP contribution in [-0.2, 0) is 9.59 Å². The lowest BCUT2D eigenvalue weighted by Crippen LogP contribution is -2.50. The van der Waals surface area contributed by atoms with Gasteiger partial charge < -0.3 is 24.8 Å². The number of nitrogens with one attached hydrogen (secondary N) is 2. The van der Waals surface area contributed by atoms with Gasteiger partial charge in [-0.2, -0.15) is 0 Å². The van der Waals surface area contributed by atoms with Gasteiger partial charge in [-0.1, -0.05) is 0 Å². The summed E-state index contributed by atoms with van der Waals surface area (Å²) in [7, 11) is 4.74. The molecule has 9 heteroatoms. The lowest BCUT2D eigenvalue weighted by atomic mass is 10.2. The van der Waals surface area contributed by atoms with Gasteiger partial charge >= 0.3 is 0 Å². The average Bonchev–Trinajstić information content (AvgIpc) is 2.80. The molecule has 0 unspecified atom stereocenters. The van der Waals surface area contributed by atoms with Crippen LogP contribution in [0, 0.1) is 0 Å². The topological polar surface area (TPSA) is 92.4 Å². The van der Waals surface area contributed by atoms with Crippen LogP contribution in [0.3, 0.4) is 0 Å². The molecule has 1 heterocycles. The van der Waals surface area contributed by atoms with Crippen LogP contribution in [0.1, 0.15) is 0 Å². The first-order valence-electron chi connectivity index (χ1n) is 10.4. The van der Waals surface area contributed by atoms with Crippen molar-refractivity contribution in [3.63, 3.8) is 0 Å². The van der Waals surface area contributed by atoms with Crippen molar-refractivity contribution in [2.24, 2.45) is 0 Å². The summed E-state index contributed by atoms with van der Waals surface area (Å²) in [5.74, 6) is 1.80. The molecule has 0 atom stereocenters. The predicted molar refractivity (Wildman–Crippen MR) is 123 cm³/mol. The van der Waals surface area contributed by atoms with E-state index in [0.717, 1.165) is 24.5 Å². The number of anilines is 2. The summed E-state index contributed by atoms with van der Waals surface area (Å²) in [6.07, 6.45) is 0. The Morgan fingerprint density at radius 1 is 0.688 bits per heavy atom. The molecule has 9 nitrogen and oxygen atoms in total. The van der Waals surface area contributed by atoms with Crippen molar-refractivity contribution in [1.29, 1.82) is 0 Å². The first kappa shape index (κ1) is 23.4. The lowest BCUT2D eigenvalue weighted by Gasteiger charge is -2.33. The highest BCUT2D eigenvalue weighted by Crippen LogP contribution is 2.25. The second-order valence-electron chi connectivity index (χ2n) is 7.48. The number of benzene rings is 2. The number of hydrogen-bond donors (Lipinski definition) is 2. The fourth-order valence-corrected chi connectivity index (χ4v) is 3.47. The van der Waals surface area contributed by atoms with Gasteiger partial charge in [0.05, 0.1) is 34.4 Å².